The summed E-state index contributed by atoms with van der Waals surface area (Å²) in [4.78, 5) is 17.3. The van der Waals surface area contributed by atoms with Gasteiger partial charge in [-0.25, -0.2) is 0 Å². The summed E-state index contributed by atoms with van der Waals surface area (Å²) < 4.78 is 0. The highest BCUT2D eigenvalue weighted by Crippen LogP contribution is 2.28. The van der Waals surface area contributed by atoms with Gasteiger partial charge in [-0.05, 0) is 50.3 Å². The van der Waals surface area contributed by atoms with Gasteiger partial charge in [0, 0.05) is 32.2 Å². The molecule has 3 fully saturated rings. The molecule has 1 aromatic carbocycles. The lowest BCUT2D eigenvalue weighted by Gasteiger charge is -2.35. The Labute approximate surface area is 144 Å². The number of amides is 1. The number of fused-ring (bicyclic) bond motifs is 4. The van der Waals surface area contributed by atoms with Crippen molar-refractivity contribution >= 4 is 5.91 Å². The molecular formula is C20H28N2O2. The first-order valence-electron chi connectivity index (χ1n) is 8.94. The van der Waals surface area contributed by atoms with Crippen LogP contribution in [0.2, 0.25) is 0 Å². The highest BCUT2D eigenvalue weighted by molar-refractivity contribution is 5.79. The number of benzene rings is 1. The zero-order valence-corrected chi connectivity index (χ0v) is 14.7. The summed E-state index contributed by atoms with van der Waals surface area (Å²) >= 11 is 0. The normalized spacial score (nSPS) is 23.8. The van der Waals surface area contributed by atoms with E-state index in [4.69, 9.17) is 0 Å². The molecule has 0 unspecified atom stereocenters. The van der Waals surface area contributed by atoms with Crippen molar-refractivity contribution in [2.45, 2.75) is 39.2 Å². The quantitative estimate of drug-likeness (QED) is 0.865. The van der Waals surface area contributed by atoms with Crippen LogP contribution in [0.25, 0.3) is 0 Å². The van der Waals surface area contributed by atoms with Crippen LogP contribution in [0.3, 0.4) is 0 Å². The first kappa shape index (κ1) is 17.0. The molecule has 4 heteroatoms. The minimum Gasteiger partial charge on any atom is -0.508 e. The van der Waals surface area contributed by atoms with Crippen molar-refractivity contribution in [1.82, 2.24) is 9.80 Å². The molecule has 0 aromatic heterocycles. The molecule has 0 radical (unpaired) electrons. The Hall–Kier alpha value is -1.81. The number of hydrogen-bond acceptors (Lipinski definition) is 3. The van der Waals surface area contributed by atoms with Gasteiger partial charge in [-0.15, -0.1) is 0 Å². The van der Waals surface area contributed by atoms with Crippen molar-refractivity contribution < 1.29 is 9.90 Å². The van der Waals surface area contributed by atoms with Crippen LogP contribution < -0.4 is 0 Å². The summed E-state index contributed by atoms with van der Waals surface area (Å²) in [6, 6.07) is 7.51. The Bertz CT molecular complexity index is 622. The average molecular weight is 328 g/mol. The molecule has 2 atom stereocenters. The van der Waals surface area contributed by atoms with E-state index in [-0.39, 0.29) is 11.7 Å². The van der Waals surface area contributed by atoms with E-state index in [9.17, 15) is 9.90 Å². The molecule has 3 aliphatic rings. The van der Waals surface area contributed by atoms with Crippen molar-refractivity contribution in [2.75, 3.05) is 26.2 Å². The monoisotopic (exact) mass is 328 g/mol. The lowest BCUT2D eigenvalue weighted by atomic mass is 9.95. The summed E-state index contributed by atoms with van der Waals surface area (Å²) in [5.41, 5.74) is 2.24. The minimum absolute atomic E-state index is 0.182. The lowest BCUT2D eigenvalue weighted by Crippen LogP contribution is -2.44. The van der Waals surface area contributed by atoms with Gasteiger partial charge in [0.1, 0.15) is 5.75 Å². The topological polar surface area (TPSA) is 43.8 Å². The number of carbonyl (C=O) groups is 1. The van der Waals surface area contributed by atoms with E-state index in [1.54, 1.807) is 18.2 Å². The number of phenols is 1. The Balaban J connectivity index is 1.65. The van der Waals surface area contributed by atoms with Gasteiger partial charge in [0.05, 0.1) is 6.42 Å². The van der Waals surface area contributed by atoms with E-state index in [2.05, 4.69) is 29.7 Å². The molecule has 2 bridgehead atoms. The number of phenolic OH excluding ortho intramolecular Hbond substituents is 1. The maximum absolute atomic E-state index is 12.7. The number of allylic oxidation sites excluding steroid dienone is 1. The molecule has 1 aromatic rings. The smallest absolute Gasteiger partial charge is 0.227 e. The van der Waals surface area contributed by atoms with Crippen LogP contribution in [0.5, 0.6) is 5.75 Å². The number of rotatable bonds is 4. The summed E-state index contributed by atoms with van der Waals surface area (Å²) in [6.45, 7) is 8.09. The van der Waals surface area contributed by atoms with Gasteiger partial charge >= 0.3 is 0 Å². The molecule has 3 saturated heterocycles. The van der Waals surface area contributed by atoms with Crippen molar-refractivity contribution in [2.24, 2.45) is 5.92 Å². The van der Waals surface area contributed by atoms with Crippen LogP contribution in [0.4, 0.5) is 0 Å². The maximum atomic E-state index is 12.7. The standard InChI is InChI=1S/C20H28N2O2/c1-15(2)8-9-21-12-17-6-7-18(21)14-22(13-17)20(24)11-16-4-3-5-19(23)10-16/h3-5,8,10,17-18,23H,6-7,9,11-14H2,1-2H3/t17-,18-/m1/s1. The zero-order chi connectivity index (χ0) is 17.1. The molecule has 1 N–H and O–H groups in total. The summed E-state index contributed by atoms with van der Waals surface area (Å²) in [5.74, 6) is 0.994. The molecule has 3 heterocycles. The van der Waals surface area contributed by atoms with Crippen LogP contribution >= 0.6 is 0 Å². The minimum atomic E-state index is 0.182. The molecule has 0 aliphatic carbocycles. The number of piperidine rings is 1. The van der Waals surface area contributed by atoms with Gasteiger partial charge in [0.25, 0.3) is 0 Å². The highest BCUT2D eigenvalue weighted by atomic mass is 16.3. The largest absolute Gasteiger partial charge is 0.508 e. The lowest BCUT2D eigenvalue weighted by molar-refractivity contribution is -0.130. The summed E-state index contributed by atoms with van der Waals surface area (Å²) in [5, 5.41) is 9.58. The number of carbonyl (C=O) groups excluding carboxylic acids is 1. The molecule has 3 aliphatic heterocycles. The van der Waals surface area contributed by atoms with Crippen LogP contribution in [0, 0.1) is 5.92 Å². The number of aromatic hydroxyl groups is 1. The van der Waals surface area contributed by atoms with Crippen LogP contribution in [-0.4, -0.2) is 53.0 Å². The maximum Gasteiger partial charge on any atom is 0.227 e. The van der Waals surface area contributed by atoms with Crippen LogP contribution in [-0.2, 0) is 11.2 Å². The summed E-state index contributed by atoms with van der Waals surface area (Å²) in [6.07, 6.45) is 5.09. The van der Waals surface area contributed by atoms with Crippen LogP contribution in [0.1, 0.15) is 32.3 Å². The Morgan fingerprint density at radius 1 is 1.25 bits per heavy atom. The van der Waals surface area contributed by atoms with E-state index in [1.165, 1.54) is 18.4 Å². The van der Waals surface area contributed by atoms with E-state index < -0.39 is 0 Å². The van der Waals surface area contributed by atoms with Crippen molar-refractivity contribution in [3.8, 4) is 5.75 Å². The SMILES string of the molecule is CC(C)=CCN1C[C@H]2CC[C@@H]1CN(C(=O)Cc1cccc(O)c1)C2. The van der Waals surface area contributed by atoms with Gasteiger partial charge in [-0.2, -0.15) is 0 Å². The van der Waals surface area contributed by atoms with Crippen LogP contribution in [0.15, 0.2) is 35.9 Å². The molecule has 24 heavy (non-hydrogen) atoms. The Morgan fingerprint density at radius 3 is 2.83 bits per heavy atom. The Morgan fingerprint density at radius 2 is 2.08 bits per heavy atom. The first-order chi connectivity index (χ1) is 11.5. The van der Waals surface area contributed by atoms with E-state index in [1.807, 2.05) is 6.07 Å². The predicted molar refractivity (Wildman–Crippen MR) is 95.9 cm³/mol. The van der Waals surface area contributed by atoms with Gasteiger partial charge in [-0.3, -0.25) is 9.69 Å². The third kappa shape index (κ3) is 4.18. The average Bonchev–Trinajstić information content (AvgIpc) is 2.84. The third-order valence-corrected chi connectivity index (χ3v) is 5.18. The van der Waals surface area contributed by atoms with Gasteiger partial charge in [0.15, 0.2) is 0 Å². The third-order valence-electron chi connectivity index (χ3n) is 5.18. The zero-order valence-electron chi connectivity index (χ0n) is 14.7. The molecule has 1 amide bonds. The number of hydrogen-bond donors (Lipinski definition) is 1. The fraction of sp³-hybridized carbons (Fsp3) is 0.550. The summed E-state index contributed by atoms with van der Waals surface area (Å²) in [7, 11) is 0. The fourth-order valence-electron chi connectivity index (χ4n) is 3.86. The van der Waals surface area contributed by atoms with Gasteiger partial charge < -0.3 is 10.0 Å². The first-order valence-corrected chi connectivity index (χ1v) is 8.94. The molecule has 0 saturated carbocycles. The predicted octanol–water partition coefficient (Wildman–Crippen LogP) is 2.82. The van der Waals surface area contributed by atoms with E-state index >= 15 is 0 Å². The van der Waals surface area contributed by atoms with Gasteiger partial charge in [0.2, 0.25) is 5.91 Å². The molecule has 4 nitrogen and oxygen atoms in total. The molecule has 130 valence electrons. The highest BCUT2D eigenvalue weighted by Gasteiger charge is 2.35. The molecule has 0 spiro atoms. The van der Waals surface area contributed by atoms with Crippen molar-refractivity contribution in [1.29, 1.82) is 0 Å². The second-order valence-corrected chi connectivity index (χ2v) is 7.48. The van der Waals surface area contributed by atoms with E-state index in [0.29, 0.717) is 18.4 Å². The fourth-order valence-corrected chi connectivity index (χ4v) is 3.86. The van der Waals surface area contributed by atoms with Gasteiger partial charge in [-0.1, -0.05) is 23.8 Å². The molecule has 4 rings (SSSR count). The van der Waals surface area contributed by atoms with E-state index in [0.717, 1.165) is 31.7 Å². The second kappa shape index (κ2) is 7.39. The molecular weight excluding hydrogens is 300 g/mol. The van der Waals surface area contributed by atoms with Crippen molar-refractivity contribution in [3.05, 3.63) is 41.5 Å². The second-order valence-electron chi connectivity index (χ2n) is 7.48. The Kier molecular flexibility index (Phi) is 5.24. The van der Waals surface area contributed by atoms with Crippen molar-refractivity contribution in [3.63, 3.8) is 0 Å². The number of nitrogens with zero attached hydrogens (tertiary/aromatic N) is 2.